The van der Waals surface area contributed by atoms with Gasteiger partial charge in [-0.3, -0.25) is 9.59 Å². The maximum absolute atomic E-state index is 12.9. The van der Waals surface area contributed by atoms with Crippen LogP contribution >= 0.6 is 11.3 Å². The Morgan fingerprint density at radius 3 is 2.71 bits per heavy atom. The average molecular weight is 351 g/mol. The van der Waals surface area contributed by atoms with Crippen LogP contribution in [0.15, 0.2) is 11.4 Å². The Morgan fingerprint density at radius 1 is 1.29 bits per heavy atom. The Morgan fingerprint density at radius 2 is 2.04 bits per heavy atom. The van der Waals surface area contributed by atoms with Crippen LogP contribution in [0, 0.1) is 0 Å². The van der Waals surface area contributed by atoms with E-state index in [0.717, 1.165) is 6.54 Å². The molecule has 1 aromatic heterocycles. The maximum Gasteiger partial charge on any atom is 0.255 e. The van der Waals surface area contributed by atoms with Gasteiger partial charge in [0.05, 0.1) is 18.8 Å². The summed E-state index contributed by atoms with van der Waals surface area (Å²) in [5.74, 6) is 0.398. The molecule has 2 aliphatic rings. The molecule has 132 valence electrons. The molecular weight excluding hydrogens is 326 g/mol. The molecule has 1 N–H and O–H groups in total. The number of rotatable bonds is 3. The average Bonchev–Trinajstić information content (AvgIpc) is 3.12. The molecule has 3 heterocycles. The first-order valence-electron chi connectivity index (χ1n) is 8.54. The number of morpholine rings is 1. The number of piperazine rings is 1. The van der Waals surface area contributed by atoms with Gasteiger partial charge in [0, 0.05) is 43.0 Å². The normalized spacial score (nSPS) is 22.0. The SMILES string of the molecule is CC(C)c1cc(C(=O)N2CCNC[C@@H]2C(=O)N2CCOCC2)cs1. The summed E-state index contributed by atoms with van der Waals surface area (Å²) in [7, 11) is 0. The molecule has 1 aromatic rings. The topological polar surface area (TPSA) is 61.9 Å². The molecule has 2 amide bonds. The minimum atomic E-state index is -0.424. The second-order valence-corrected chi connectivity index (χ2v) is 7.49. The third-order valence-electron chi connectivity index (χ3n) is 4.55. The standard InChI is InChI=1S/C17H25N3O3S/c1-12(2)15-9-13(11-24-15)16(21)20-4-3-18-10-14(20)17(22)19-5-7-23-8-6-19/h9,11-12,14,18H,3-8,10H2,1-2H3/t14-/m1/s1. The summed E-state index contributed by atoms with van der Waals surface area (Å²) in [6.07, 6.45) is 0. The lowest BCUT2D eigenvalue weighted by molar-refractivity contribution is -0.140. The Bertz CT molecular complexity index is 596. The summed E-state index contributed by atoms with van der Waals surface area (Å²) < 4.78 is 5.32. The largest absolute Gasteiger partial charge is 0.378 e. The summed E-state index contributed by atoms with van der Waals surface area (Å²) in [6.45, 7) is 8.39. The van der Waals surface area contributed by atoms with Crippen molar-refractivity contribution in [2.75, 3.05) is 45.9 Å². The van der Waals surface area contributed by atoms with Crippen molar-refractivity contribution in [1.29, 1.82) is 0 Å². The lowest BCUT2D eigenvalue weighted by atomic mass is 10.1. The number of thiophene rings is 1. The Labute approximate surface area is 146 Å². The minimum Gasteiger partial charge on any atom is -0.378 e. The van der Waals surface area contributed by atoms with Gasteiger partial charge in [-0.15, -0.1) is 11.3 Å². The van der Waals surface area contributed by atoms with E-state index in [-0.39, 0.29) is 11.8 Å². The van der Waals surface area contributed by atoms with Gasteiger partial charge in [0.15, 0.2) is 0 Å². The van der Waals surface area contributed by atoms with E-state index in [9.17, 15) is 9.59 Å². The van der Waals surface area contributed by atoms with Crippen molar-refractivity contribution in [3.8, 4) is 0 Å². The van der Waals surface area contributed by atoms with Crippen LogP contribution < -0.4 is 5.32 Å². The Kier molecular flexibility index (Phi) is 5.53. The molecule has 24 heavy (non-hydrogen) atoms. The zero-order valence-corrected chi connectivity index (χ0v) is 15.1. The molecule has 0 radical (unpaired) electrons. The number of ether oxygens (including phenoxy) is 1. The lowest BCUT2D eigenvalue weighted by Crippen LogP contribution is -2.61. The molecule has 0 spiro atoms. The number of amides is 2. The molecule has 2 saturated heterocycles. The van der Waals surface area contributed by atoms with Crippen molar-refractivity contribution in [2.24, 2.45) is 0 Å². The molecule has 0 bridgehead atoms. The van der Waals surface area contributed by atoms with Crippen LogP contribution in [0.4, 0.5) is 0 Å². The Balaban J connectivity index is 1.75. The quantitative estimate of drug-likeness (QED) is 0.887. The Hall–Kier alpha value is -1.44. The zero-order chi connectivity index (χ0) is 17.1. The van der Waals surface area contributed by atoms with Crippen LogP contribution in [-0.2, 0) is 9.53 Å². The third-order valence-corrected chi connectivity index (χ3v) is 5.78. The highest BCUT2D eigenvalue weighted by Gasteiger charge is 2.35. The van der Waals surface area contributed by atoms with Crippen LogP contribution in [0.2, 0.25) is 0 Å². The van der Waals surface area contributed by atoms with Gasteiger partial charge in [-0.2, -0.15) is 0 Å². The highest BCUT2D eigenvalue weighted by molar-refractivity contribution is 7.10. The van der Waals surface area contributed by atoms with Gasteiger partial charge in [0.1, 0.15) is 6.04 Å². The van der Waals surface area contributed by atoms with Gasteiger partial charge in [-0.25, -0.2) is 0 Å². The van der Waals surface area contributed by atoms with Gasteiger partial charge in [0.25, 0.3) is 5.91 Å². The fourth-order valence-electron chi connectivity index (χ4n) is 3.10. The van der Waals surface area contributed by atoms with Crippen LogP contribution in [0.1, 0.15) is 35.0 Å². The van der Waals surface area contributed by atoms with Crippen LogP contribution in [0.25, 0.3) is 0 Å². The van der Waals surface area contributed by atoms with Gasteiger partial charge >= 0.3 is 0 Å². The van der Waals surface area contributed by atoms with E-state index in [1.165, 1.54) is 4.88 Å². The third kappa shape index (κ3) is 3.63. The highest BCUT2D eigenvalue weighted by atomic mass is 32.1. The maximum atomic E-state index is 12.9. The van der Waals surface area contributed by atoms with Crippen molar-refractivity contribution < 1.29 is 14.3 Å². The fourth-order valence-corrected chi connectivity index (χ4v) is 4.00. The van der Waals surface area contributed by atoms with Gasteiger partial charge < -0.3 is 19.9 Å². The minimum absolute atomic E-state index is 0.0261. The molecule has 7 heteroatoms. The summed E-state index contributed by atoms with van der Waals surface area (Å²) in [5, 5.41) is 5.16. The molecule has 0 aliphatic carbocycles. The van der Waals surface area contributed by atoms with Gasteiger partial charge in [-0.1, -0.05) is 13.8 Å². The highest BCUT2D eigenvalue weighted by Crippen LogP contribution is 2.25. The van der Waals surface area contributed by atoms with E-state index in [1.807, 2.05) is 16.3 Å². The second kappa shape index (κ2) is 7.63. The number of carbonyl (C=O) groups is 2. The molecule has 3 rings (SSSR count). The summed E-state index contributed by atoms with van der Waals surface area (Å²) in [5.41, 5.74) is 0.699. The number of nitrogens with one attached hydrogen (secondary N) is 1. The number of nitrogens with zero attached hydrogens (tertiary/aromatic N) is 2. The summed E-state index contributed by atoms with van der Waals surface area (Å²) in [4.78, 5) is 30.5. The van der Waals surface area contributed by atoms with E-state index >= 15 is 0 Å². The van der Waals surface area contributed by atoms with Crippen molar-refractivity contribution >= 4 is 23.2 Å². The van der Waals surface area contributed by atoms with Gasteiger partial charge in [-0.05, 0) is 12.0 Å². The zero-order valence-electron chi connectivity index (χ0n) is 14.3. The molecule has 6 nitrogen and oxygen atoms in total. The van der Waals surface area contributed by atoms with Gasteiger partial charge in [0.2, 0.25) is 5.91 Å². The van der Waals surface area contributed by atoms with Crippen molar-refractivity contribution in [2.45, 2.75) is 25.8 Å². The van der Waals surface area contributed by atoms with Crippen LogP contribution in [0.3, 0.4) is 0 Å². The number of hydrogen-bond acceptors (Lipinski definition) is 5. The molecule has 1 atom stereocenters. The second-order valence-electron chi connectivity index (χ2n) is 6.55. The van der Waals surface area contributed by atoms with Crippen molar-refractivity contribution in [3.05, 3.63) is 21.9 Å². The number of hydrogen-bond donors (Lipinski definition) is 1. The lowest BCUT2D eigenvalue weighted by Gasteiger charge is -2.39. The van der Waals surface area contributed by atoms with E-state index in [4.69, 9.17) is 4.74 Å². The summed E-state index contributed by atoms with van der Waals surface area (Å²) >= 11 is 1.61. The first kappa shape index (κ1) is 17.4. The molecular formula is C17H25N3O3S. The smallest absolute Gasteiger partial charge is 0.255 e. The molecule has 0 aromatic carbocycles. The molecule has 0 saturated carbocycles. The van der Waals surface area contributed by atoms with E-state index in [0.29, 0.717) is 50.9 Å². The first-order valence-corrected chi connectivity index (χ1v) is 9.42. The number of carbonyl (C=O) groups excluding carboxylic acids is 2. The fraction of sp³-hybridized carbons (Fsp3) is 0.647. The predicted octanol–water partition coefficient (Wildman–Crippen LogP) is 1.14. The molecule has 2 aliphatic heterocycles. The van der Waals surface area contributed by atoms with E-state index in [1.54, 1.807) is 16.2 Å². The monoisotopic (exact) mass is 351 g/mol. The van der Waals surface area contributed by atoms with Crippen molar-refractivity contribution in [3.63, 3.8) is 0 Å². The molecule has 2 fully saturated rings. The predicted molar refractivity (Wildman–Crippen MR) is 93.5 cm³/mol. The van der Waals surface area contributed by atoms with E-state index < -0.39 is 6.04 Å². The first-order chi connectivity index (χ1) is 11.6. The summed E-state index contributed by atoms with van der Waals surface area (Å²) in [6, 6.07) is 1.54. The van der Waals surface area contributed by atoms with Crippen molar-refractivity contribution in [1.82, 2.24) is 15.1 Å². The molecule has 0 unspecified atom stereocenters. The van der Waals surface area contributed by atoms with Crippen LogP contribution in [-0.4, -0.2) is 73.6 Å². The van der Waals surface area contributed by atoms with E-state index in [2.05, 4.69) is 19.2 Å². The van der Waals surface area contributed by atoms with Crippen LogP contribution in [0.5, 0.6) is 0 Å².